The molecule has 4 aromatic rings. The molecular weight excluding hydrogens is 701 g/mol. The van der Waals surface area contributed by atoms with Gasteiger partial charge in [-0.1, -0.05) is 107 Å². The second-order valence-corrected chi connectivity index (χ2v) is 17.6. The number of benzene rings is 2. The van der Waals surface area contributed by atoms with Crippen LogP contribution in [-0.4, -0.2) is 53.4 Å². The number of anilines is 1. The number of fused-ring (bicyclic) bond motifs is 1. The highest BCUT2D eigenvalue weighted by atomic mass is 32.2. The highest BCUT2D eigenvalue weighted by molar-refractivity contribution is 7.89. The smallest absolute Gasteiger partial charge is 0.265 e. The fourth-order valence-electron chi connectivity index (χ4n) is 6.30. The molecule has 1 amide bonds. The van der Waals surface area contributed by atoms with E-state index < -0.39 is 16.1 Å². The van der Waals surface area contributed by atoms with E-state index in [2.05, 4.69) is 85.9 Å². The number of ether oxygens (including phenoxy) is 2. The number of hydrogen-bond donors (Lipinski definition) is 3. The Kier molecular flexibility index (Phi) is 14.8. The molecule has 3 N–H and O–H groups in total. The van der Waals surface area contributed by atoms with E-state index in [1.807, 2.05) is 32.9 Å². The van der Waals surface area contributed by atoms with Crippen LogP contribution in [0, 0.1) is 6.92 Å². The highest BCUT2D eigenvalue weighted by Gasteiger charge is 2.30. The monoisotopic (exact) mass is 764 g/mol. The number of unbranched alkanes of at least 4 members (excludes halogenated alkanes) is 5. The number of nitrogens with zero attached hydrogens (tertiary/aromatic N) is 3. The van der Waals surface area contributed by atoms with Crippen LogP contribution in [-0.2, 0) is 25.6 Å². The molecule has 0 radical (unpaired) electrons. The second-order valence-electron chi connectivity index (χ2n) is 15.9. The predicted molar refractivity (Wildman–Crippen MR) is 217 cm³/mol. The minimum Gasteiger partial charge on any atom is -0.492 e. The van der Waals surface area contributed by atoms with Crippen LogP contribution < -0.4 is 19.5 Å². The molecule has 298 valence electrons. The van der Waals surface area contributed by atoms with E-state index in [9.17, 15) is 13.2 Å². The molecule has 2 aromatic heterocycles. The third-order valence-electron chi connectivity index (χ3n) is 10.8. The normalized spacial score (nSPS) is 13.6. The quantitative estimate of drug-likeness (QED) is 0.0678. The first-order valence-electron chi connectivity index (χ1n) is 19.9. The SMILES string of the molecule is CCCCCCCCOc1ccc(NC(=O)C(CC)Oc2ccc(C(C)(C)CC)cc2C(C)(C)CC)cc1S(=O)(=O)NCC(C)c1nnc2cc(C)[nH]n12. The molecule has 54 heavy (non-hydrogen) atoms. The fourth-order valence-corrected chi connectivity index (χ4v) is 7.60. The summed E-state index contributed by atoms with van der Waals surface area (Å²) < 4.78 is 45.0. The van der Waals surface area contributed by atoms with Crippen LogP contribution in [0.15, 0.2) is 47.4 Å². The number of H-pyrrole nitrogens is 1. The zero-order valence-corrected chi connectivity index (χ0v) is 35.1. The van der Waals surface area contributed by atoms with Crippen molar-refractivity contribution in [2.45, 2.75) is 155 Å². The molecule has 0 fully saturated rings. The third-order valence-corrected chi connectivity index (χ3v) is 12.3. The van der Waals surface area contributed by atoms with Crippen molar-refractivity contribution < 1.29 is 22.7 Å². The number of carbonyl (C=O) groups is 1. The molecule has 2 atom stereocenters. The molecule has 0 aliphatic carbocycles. The average molecular weight is 765 g/mol. The number of aromatic amines is 1. The van der Waals surface area contributed by atoms with Gasteiger partial charge in [0.05, 0.1) is 6.61 Å². The Bertz CT molecular complexity index is 1950. The zero-order chi connectivity index (χ0) is 39.7. The maximum absolute atomic E-state index is 14.0. The average Bonchev–Trinajstić information content (AvgIpc) is 3.71. The summed E-state index contributed by atoms with van der Waals surface area (Å²) in [5, 5.41) is 14.6. The van der Waals surface area contributed by atoms with Crippen molar-refractivity contribution in [3.05, 3.63) is 65.1 Å². The number of rotatable bonds is 22. The summed E-state index contributed by atoms with van der Waals surface area (Å²) in [4.78, 5) is 13.8. The summed E-state index contributed by atoms with van der Waals surface area (Å²) in [7, 11) is -4.08. The maximum Gasteiger partial charge on any atom is 0.265 e. The second kappa shape index (κ2) is 18.6. The summed E-state index contributed by atoms with van der Waals surface area (Å²) in [5.41, 5.74) is 4.04. The van der Waals surface area contributed by atoms with Crippen LogP contribution in [0.25, 0.3) is 5.65 Å². The molecule has 0 aliphatic heterocycles. The lowest BCUT2D eigenvalue weighted by Gasteiger charge is -2.31. The van der Waals surface area contributed by atoms with Gasteiger partial charge in [0, 0.05) is 35.5 Å². The number of sulfonamides is 1. The Morgan fingerprint density at radius 1 is 0.889 bits per heavy atom. The van der Waals surface area contributed by atoms with Crippen molar-refractivity contribution in [3.63, 3.8) is 0 Å². The molecular formula is C42H64N6O5S. The van der Waals surface area contributed by atoms with Gasteiger partial charge in [-0.2, -0.15) is 0 Å². The van der Waals surface area contributed by atoms with Crippen molar-refractivity contribution in [2.24, 2.45) is 0 Å². The predicted octanol–water partition coefficient (Wildman–Crippen LogP) is 9.36. The Hall–Kier alpha value is -3.90. The van der Waals surface area contributed by atoms with Gasteiger partial charge in [-0.05, 0) is 73.3 Å². The maximum atomic E-state index is 14.0. The van der Waals surface area contributed by atoms with E-state index in [0.717, 1.165) is 43.4 Å². The first-order valence-corrected chi connectivity index (χ1v) is 21.3. The number of carbonyl (C=O) groups excluding carboxylic acids is 1. The summed E-state index contributed by atoms with van der Waals surface area (Å²) in [6.45, 7) is 21.6. The van der Waals surface area contributed by atoms with Crippen LogP contribution in [0.4, 0.5) is 5.69 Å². The van der Waals surface area contributed by atoms with Gasteiger partial charge in [0.1, 0.15) is 16.4 Å². The molecule has 2 aromatic carbocycles. The molecule has 11 nitrogen and oxygen atoms in total. The van der Waals surface area contributed by atoms with Crippen molar-refractivity contribution >= 4 is 27.3 Å². The summed E-state index contributed by atoms with van der Waals surface area (Å²) in [6, 6.07) is 13.0. The molecule has 0 spiro atoms. The minimum atomic E-state index is -4.08. The van der Waals surface area contributed by atoms with Crippen molar-refractivity contribution in [2.75, 3.05) is 18.5 Å². The molecule has 4 rings (SSSR count). The van der Waals surface area contributed by atoms with Gasteiger partial charge in [0.25, 0.3) is 5.91 Å². The van der Waals surface area contributed by atoms with Gasteiger partial charge in [-0.3, -0.25) is 9.89 Å². The summed E-state index contributed by atoms with van der Waals surface area (Å²) in [6.07, 6.45) is 7.99. The Labute approximate surface area is 323 Å². The molecule has 0 saturated heterocycles. The van der Waals surface area contributed by atoms with Gasteiger partial charge in [0.15, 0.2) is 17.6 Å². The van der Waals surface area contributed by atoms with E-state index >= 15 is 0 Å². The third kappa shape index (κ3) is 10.6. The summed E-state index contributed by atoms with van der Waals surface area (Å²) >= 11 is 0. The minimum absolute atomic E-state index is 0.00158. The Morgan fingerprint density at radius 2 is 1.57 bits per heavy atom. The van der Waals surface area contributed by atoms with Crippen molar-refractivity contribution in [3.8, 4) is 11.5 Å². The highest BCUT2D eigenvalue weighted by Crippen LogP contribution is 2.39. The number of amides is 1. The number of aromatic nitrogens is 4. The van der Waals surface area contributed by atoms with Crippen molar-refractivity contribution in [1.82, 2.24) is 24.5 Å². The Morgan fingerprint density at radius 3 is 2.26 bits per heavy atom. The molecule has 2 heterocycles. The number of aryl methyl sites for hydroxylation is 1. The van der Waals surface area contributed by atoms with Crippen LogP contribution in [0.1, 0.15) is 149 Å². The lowest BCUT2D eigenvalue weighted by atomic mass is 9.76. The standard InChI is InChI=1S/C42H64N6O5S/c1-11-15-16-17-18-19-24-52-36-23-21-32(27-37(36)54(50,51)43-28-29(5)39-46-45-38-25-30(6)47-48(38)39)44-40(49)34(12-2)53-35-22-20-31(41(7,8)13-3)26-33(35)42(9,10)14-4/h20-23,25-27,29,34,43,47H,11-19,24,28H2,1-10H3,(H,44,49). The Balaban J connectivity index is 1.56. The van der Waals surface area contributed by atoms with E-state index in [-0.39, 0.29) is 39.8 Å². The number of hydrogen-bond acceptors (Lipinski definition) is 7. The topological polar surface area (TPSA) is 140 Å². The van der Waals surface area contributed by atoms with Gasteiger partial charge >= 0.3 is 0 Å². The molecule has 0 saturated carbocycles. The fraction of sp³-hybridized carbons (Fsp3) is 0.595. The lowest BCUT2D eigenvalue weighted by Crippen LogP contribution is -2.33. The van der Waals surface area contributed by atoms with Gasteiger partial charge in [0.2, 0.25) is 10.0 Å². The van der Waals surface area contributed by atoms with Crippen LogP contribution in [0.2, 0.25) is 0 Å². The van der Waals surface area contributed by atoms with Crippen molar-refractivity contribution in [1.29, 1.82) is 0 Å². The molecule has 2 unspecified atom stereocenters. The first-order chi connectivity index (χ1) is 25.6. The van der Waals surface area contributed by atoms with Crippen LogP contribution in [0.5, 0.6) is 11.5 Å². The van der Waals surface area contributed by atoms with Crippen LogP contribution >= 0.6 is 0 Å². The molecule has 12 heteroatoms. The lowest BCUT2D eigenvalue weighted by molar-refractivity contribution is -0.122. The zero-order valence-electron chi connectivity index (χ0n) is 34.3. The van der Waals surface area contributed by atoms with Crippen LogP contribution in [0.3, 0.4) is 0 Å². The molecule has 0 bridgehead atoms. The number of nitrogens with one attached hydrogen (secondary N) is 3. The first kappa shape index (κ1) is 42.8. The van der Waals surface area contributed by atoms with E-state index in [1.54, 1.807) is 16.6 Å². The van der Waals surface area contributed by atoms with Gasteiger partial charge in [-0.25, -0.2) is 17.7 Å². The summed E-state index contributed by atoms with van der Waals surface area (Å²) in [5.74, 6) is 0.866. The largest absolute Gasteiger partial charge is 0.492 e. The van der Waals surface area contributed by atoms with Gasteiger partial charge in [-0.15, -0.1) is 10.2 Å². The molecule has 0 aliphatic rings. The van der Waals surface area contributed by atoms with E-state index in [4.69, 9.17) is 9.47 Å². The van der Waals surface area contributed by atoms with E-state index in [0.29, 0.717) is 35.9 Å². The van der Waals surface area contributed by atoms with E-state index in [1.165, 1.54) is 30.9 Å². The van der Waals surface area contributed by atoms with Gasteiger partial charge < -0.3 is 14.8 Å².